The lowest BCUT2D eigenvalue weighted by atomic mass is 9.97. The number of furan rings is 2. The van der Waals surface area contributed by atoms with Crippen LogP contribution in [0.25, 0.3) is 109 Å². The summed E-state index contributed by atoms with van der Waals surface area (Å²) >= 11 is 0. The quantitative estimate of drug-likeness (QED) is 0.142. The number of fused-ring (bicyclic) bond motifs is 12. The summed E-state index contributed by atoms with van der Waals surface area (Å²) in [6.07, 6.45) is 0. The average molecular weight is 945 g/mol. The van der Waals surface area contributed by atoms with Crippen molar-refractivity contribution in [1.29, 1.82) is 0 Å². The van der Waals surface area contributed by atoms with E-state index in [9.17, 15) is 0 Å². The Morgan fingerprint density at radius 3 is 0.905 bits per heavy atom. The lowest BCUT2D eigenvalue weighted by molar-refractivity contribution is 0.668. The molecule has 15 rings (SSSR count). The summed E-state index contributed by atoms with van der Waals surface area (Å²) in [5.41, 5.74) is 14.7. The Balaban J connectivity index is 0.788. The molecule has 0 N–H and O–H groups in total. The van der Waals surface area contributed by atoms with Gasteiger partial charge in [-0.25, -0.2) is 0 Å². The van der Waals surface area contributed by atoms with Gasteiger partial charge < -0.3 is 18.6 Å². The Morgan fingerprint density at radius 2 is 0.500 bits per heavy atom. The van der Waals surface area contributed by atoms with E-state index in [1.807, 2.05) is 24.3 Å². The average Bonchev–Trinajstić information content (AvgIpc) is 4.05. The number of para-hydroxylation sites is 2. The SMILES string of the molecule is c1ccc2c(c1)cc(N(c1ccc(-c3ccc(-c4ccc(N(c5ccc6oc7ccccc7c6c5)c5cc6ccccc6c6ccccc56)cc4)cc3)cc1)c1ccc3oc4ccccc4c3c1)c1ccccc12. The first-order valence-electron chi connectivity index (χ1n) is 25.2. The summed E-state index contributed by atoms with van der Waals surface area (Å²) in [6.45, 7) is 0. The molecule has 0 saturated heterocycles. The second kappa shape index (κ2) is 16.9. The maximum Gasteiger partial charge on any atom is 0.135 e. The predicted molar refractivity (Wildman–Crippen MR) is 311 cm³/mol. The number of anilines is 6. The summed E-state index contributed by atoms with van der Waals surface area (Å²) in [4.78, 5) is 4.79. The molecule has 2 aromatic heterocycles. The van der Waals surface area contributed by atoms with Crippen molar-refractivity contribution in [3.05, 3.63) is 267 Å². The first kappa shape index (κ1) is 41.8. The van der Waals surface area contributed by atoms with Crippen molar-refractivity contribution < 1.29 is 8.83 Å². The molecule has 0 amide bonds. The first-order valence-corrected chi connectivity index (χ1v) is 25.2. The number of hydrogen-bond donors (Lipinski definition) is 0. The lowest BCUT2D eigenvalue weighted by Gasteiger charge is -2.28. The van der Waals surface area contributed by atoms with Gasteiger partial charge in [0.1, 0.15) is 22.3 Å². The van der Waals surface area contributed by atoms with Crippen LogP contribution in [-0.4, -0.2) is 0 Å². The second-order valence-corrected chi connectivity index (χ2v) is 19.2. The Labute approximate surface area is 426 Å². The van der Waals surface area contributed by atoms with E-state index in [1.54, 1.807) is 0 Å². The largest absolute Gasteiger partial charge is 0.456 e. The van der Waals surface area contributed by atoms with Gasteiger partial charge >= 0.3 is 0 Å². The zero-order valence-corrected chi connectivity index (χ0v) is 40.1. The van der Waals surface area contributed by atoms with E-state index in [1.165, 1.54) is 43.1 Å². The molecule has 346 valence electrons. The van der Waals surface area contributed by atoms with Gasteiger partial charge in [0.05, 0.1) is 11.4 Å². The number of hydrogen-bond acceptors (Lipinski definition) is 4. The molecule has 0 aliphatic carbocycles. The molecule has 0 unspecified atom stereocenters. The molecule has 13 aromatic carbocycles. The normalized spacial score (nSPS) is 11.8. The highest BCUT2D eigenvalue weighted by Gasteiger charge is 2.22. The van der Waals surface area contributed by atoms with Crippen molar-refractivity contribution >= 4 is 121 Å². The third-order valence-electron chi connectivity index (χ3n) is 15.0. The molecule has 15 aromatic rings. The maximum atomic E-state index is 6.30. The second-order valence-electron chi connectivity index (χ2n) is 19.2. The van der Waals surface area contributed by atoms with E-state index in [0.717, 1.165) is 100 Å². The Hall–Kier alpha value is -9.90. The van der Waals surface area contributed by atoms with Crippen LogP contribution in [0.15, 0.2) is 276 Å². The third-order valence-corrected chi connectivity index (χ3v) is 15.0. The predicted octanol–water partition coefficient (Wildman–Crippen LogP) is 20.4. The van der Waals surface area contributed by atoms with E-state index in [0.29, 0.717) is 0 Å². The highest BCUT2D eigenvalue weighted by atomic mass is 16.3. The summed E-state index contributed by atoms with van der Waals surface area (Å²) in [5.74, 6) is 0. The van der Waals surface area contributed by atoms with Crippen LogP contribution in [0.4, 0.5) is 34.1 Å². The molecule has 0 aliphatic rings. The van der Waals surface area contributed by atoms with Gasteiger partial charge in [0, 0.05) is 55.1 Å². The molecule has 0 saturated carbocycles. The molecule has 0 radical (unpaired) electrons. The summed E-state index contributed by atoms with van der Waals surface area (Å²) in [5, 5.41) is 14.1. The molecular weight excluding hydrogens is 901 g/mol. The van der Waals surface area contributed by atoms with E-state index in [2.05, 4.69) is 252 Å². The zero-order chi connectivity index (χ0) is 48.7. The molecule has 2 heterocycles. The van der Waals surface area contributed by atoms with Crippen molar-refractivity contribution in [2.75, 3.05) is 9.80 Å². The molecule has 0 atom stereocenters. The van der Waals surface area contributed by atoms with Crippen molar-refractivity contribution in [3.8, 4) is 22.3 Å². The lowest BCUT2D eigenvalue weighted by Crippen LogP contribution is -2.10. The van der Waals surface area contributed by atoms with Crippen molar-refractivity contribution in [1.82, 2.24) is 0 Å². The van der Waals surface area contributed by atoms with Gasteiger partial charge in [-0.3, -0.25) is 0 Å². The minimum absolute atomic E-state index is 0.877. The number of nitrogens with zero attached hydrogens (tertiary/aromatic N) is 2. The fourth-order valence-electron chi connectivity index (χ4n) is 11.5. The van der Waals surface area contributed by atoms with E-state index < -0.39 is 0 Å². The highest BCUT2D eigenvalue weighted by molar-refractivity contribution is 6.17. The van der Waals surface area contributed by atoms with Crippen LogP contribution in [0.5, 0.6) is 0 Å². The Morgan fingerprint density at radius 1 is 0.203 bits per heavy atom. The smallest absolute Gasteiger partial charge is 0.135 e. The van der Waals surface area contributed by atoms with Crippen LogP contribution in [0.2, 0.25) is 0 Å². The molecule has 74 heavy (non-hydrogen) atoms. The van der Waals surface area contributed by atoms with Crippen LogP contribution >= 0.6 is 0 Å². The van der Waals surface area contributed by atoms with Gasteiger partial charge in [0.25, 0.3) is 0 Å². The van der Waals surface area contributed by atoms with Crippen LogP contribution in [0.3, 0.4) is 0 Å². The molecule has 4 heteroatoms. The minimum atomic E-state index is 0.877. The third kappa shape index (κ3) is 6.84. The van der Waals surface area contributed by atoms with E-state index >= 15 is 0 Å². The summed E-state index contributed by atoms with van der Waals surface area (Å²) in [6, 6.07) is 96.2. The number of benzene rings is 13. The molecular formula is C70H44N2O2. The zero-order valence-electron chi connectivity index (χ0n) is 40.1. The topological polar surface area (TPSA) is 32.8 Å². The Bertz CT molecular complexity index is 4360. The van der Waals surface area contributed by atoms with Crippen LogP contribution in [0, 0.1) is 0 Å². The minimum Gasteiger partial charge on any atom is -0.456 e. The fourth-order valence-corrected chi connectivity index (χ4v) is 11.5. The van der Waals surface area contributed by atoms with Gasteiger partial charge in [-0.05, 0) is 140 Å². The summed E-state index contributed by atoms with van der Waals surface area (Å²) < 4.78 is 12.6. The van der Waals surface area contributed by atoms with Crippen LogP contribution < -0.4 is 9.80 Å². The number of rotatable bonds is 8. The van der Waals surface area contributed by atoms with Gasteiger partial charge in [-0.1, -0.05) is 182 Å². The molecule has 0 bridgehead atoms. The molecule has 0 spiro atoms. The van der Waals surface area contributed by atoms with Gasteiger partial charge in [-0.15, -0.1) is 0 Å². The standard InChI is InChI=1S/C70H44N2O2/c1-3-15-55-49(13-1)41-65(59-19-7-5-17-57(55)59)71(53-37-39-69-63(43-53)61-21-9-11-23-67(61)73-69)51-33-29-47(30-34-51)45-25-27-46(28-26-45)48-31-35-52(36-32-48)72(54-38-40-70-64(44-54)62-22-10-12-24-68(62)74-70)66-42-50-14-2-4-16-56(50)58-18-6-8-20-60(58)66/h1-44H. The maximum absolute atomic E-state index is 6.30. The van der Waals surface area contributed by atoms with E-state index in [4.69, 9.17) is 8.83 Å². The van der Waals surface area contributed by atoms with Gasteiger partial charge in [-0.2, -0.15) is 0 Å². The van der Waals surface area contributed by atoms with Crippen molar-refractivity contribution in [2.45, 2.75) is 0 Å². The first-order chi connectivity index (χ1) is 36.7. The molecule has 0 aliphatic heterocycles. The van der Waals surface area contributed by atoms with Gasteiger partial charge in [0.2, 0.25) is 0 Å². The van der Waals surface area contributed by atoms with Crippen molar-refractivity contribution in [3.63, 3.8) is 0 Å². The Kier molecular flexibility index (Phi) is 9.54. The molecule has 0 fully saturated rings. The van der Waals surface area contributed by atoms with Gasteiger partial charge in [0.15, 0.2) is 0 Å². The van der Waals surface area contributed by atoms with Crippen molar-refractivity contribution in [2.24, 2.45) is 0 Å². The van der Waals surface area contributed by atoms with Crippen LogP contribution in [-0.2, 0) is 0 Å². The summed E-state index contributed by atoms with van der Waals surface area (Å²) in [7, 11) is 0. The highest BCUT2D eigenvalue weighted by Crippen LogP contribution is 2.46. The van der Waals surface area contributed by atoms with E-state index in [-0.39, 0.29) is 0 Å². The fraction of sp³-hybridized carbons (Fsp3) is 0. The van der Waals surface area contributed by atoms with Crippen LogP contribution in [0.1, 0.15) is 0 Å². The monoisotopic (exact) mass is 944 g/mol. The molecule has 4 nitrogen and oxygen atoms in total.